The van der Waals surface area contributed by atoms with Gasteiger partial charge in [-0.1, -0.05) is 15.9 Å². The molecule has 0 aliphatic carbocycles. The summed E-state index contributed by atoms with van der Waals surface area (Å²) in [4.78, 5) is 26.0. The van der Waals surface area contributed by atoms with E-state index < -0.39 is 0 Å². The standard InChI is InChI=1S/C12H10BrNO3/c1-17-12(16)6-8-5-11(15)9-4-7(13)2-3-10(9)14-8/h2-5H,6H2,1H3,(H,14,15). The number of hydrogen-bond donors (Lipinski definition) is 1. The number of carbonyl (C=O) groups excluding carboxylic acids is 1. The summed E-state index contributed by atoms with van der Waals surface area (Å²) in [5, 5.41) is 0.591. The molecule has 0 spiro atoms. The van der Waals surface area contributed by atoms with Crippen LogP contribution in [0.2, 0.25) is 0 Å². The molecule has 0 bridgehead atoms. The molecule has 0 saturated carbocycles. The first-order chi connectivity index (χ1) is 8.10. The van der Waals surface area contributed by atoms with E-state index in [1.807, 2.05) is 6.07 Å². The van der Waals surface area contributed by atoms with Crippen LogP contribution < -0.4 is 5.43 Å². The molecular formula is C12H10BrNO3. The molecule has 0 unspecified atom stereocenters. The molecule has 0 fully saturated rings. The number of fused-ring (bicyclic) bond motifs is 1. The zero-order valence-corrected chi connectivity index (χ0v) is 10.7. The molecule has 0 saturated heterocycles. The van der Waals surface area contributed by atoms with Crippen molar-refractivity contribution >= 4 is 32.8 Å². The first-order valence-corrected chi connectivity index (χ1v) is 5.78. The Morgan fingerprint density at radius 3 is 2.88 bits per heavy atom. The normalized spacial score (nSPS) is 10.5. The maximum Gasteiger partial charge on any atom is 0.311 e. The largest absolute Gasteiger partial charge is 0.469 e. The summed E-state index contributed by atoms with van der Waals surface area (Å²) in [6, 6.07) is 6.80. The molecule has 2 rings (SSSR count). The smallest absolute Gasteiger partial charge is 0.311 e. The summed E-state index contributed by atoms with van der Waals surface area (Å²) < 4.78 is 5.40. The van der Waals surface area contributed by atoms with E-state index in [2.05, 4.69) is 25.7 Å². The Morgan fingerprint density at radius 1 is 1.41 bits per heavy atom. The van der Waals surface area contributed by atoms with Crippen LogP contribution in [0.15, 0.2) is 33.5 Å². The van der Waals surface area contributed by atoms with Gasteiger partial charge in [-0.25, -0.2) is 0 Å². The zero-order valence-electron chi connectivity index (χ0n) is 9.12. The predicted molar refractivity (Wildman–Crippen MR) is 68.0 cm³/mol. The van der Waals surface area contributed by atoms with E-state index in [9.17, 15) is 9.59 Å². The first kappa shape index (κ1) is 11.9. The minimum atomic E-state index is -0.378. The lowest BCUT2D eigenvalue weighted by Crippen LogP contribution is -2.10. The number of benzene rings is 1. The van der Waals surface area contributed by atoms with Crippen molar-refractivity contribution in [3.63, 3.8) is 0 Å². The SMILES string of the molecule is COC(=O)Cc1cc(=O)c2cc(Br)ccc2[nH]1. The summed E-state index contributed by atoms with van der Waals surface area (Å²) >= 11 is 3.31. The highest BCUT2D eigenvalue weighted by molar-refractivity contribution is 9.10. The van der Waals surface area contributed by atoms with Gasteiger partial charge >= 0.3 is 5.97 Å². The van der Waals surface area contributed by atoms with Crippen molar-refractivity contribution < 1.29 is 9.53 Å². The molecule has 2 aromatic rings. The molecule has 0 amide bonds. The van der Waals surface area contributed by atoms with Crippen LogP contribution in [0.1, 0.15) is 5.69 Å². The number of H-pyrrole nitrogens is 1. The van der Waals surface area contributed by atoms with Crippen LogP contribution in [0.3, 0.4) is 0 Å². The summed E-state index contributed by atoms with van der Waals surface area (Å²) in [7, 11) is 1.32. The highest BCUT2D eigenvalue weighted by Crippen LogP contribution is 2.15. The number of ether oxygens (including phenoxy) is 1. The quantitative estimate of drug-likeness (QED) is 0.862. The van der Waals surface area contributed by atoms with Crippen LogP contribution in [0.4, 0.5) is 0 Å². The minimum absolute atomic E-state index is 0.0672. The molecule has 0 aliphatic rings. The van der Waals surface area contributed by atoms with Gasteiger partial charge in [-0.05, 0) is 18.2 Å². The molecule has 1 heterocycles. The van der Waals surface area contributed by atoms with Crippen molar-refractivity contribution in [1.29, 1.82) is 0 Å². The van der Waals surface area contributed by atoms with E-state index in [1.165, 1.54) is 13.2 Å². The Hall–Kier alpha value is -1.62. The van der Waals surface area contributed by atoms with E-state index in [0.717, 1.165) is 4.47 Å². The zero-order chi connectivity index (χ0) is 12.4. The maximum absolute atomic E-state index is 11.8. The topological polar surface area (TPSA) is 59.2 Å². The van der Waals surface area contributed by atoms with E-state index in [0.29, 0.717) is 16.6 Å². The van der Waals surface area contributed by atoms with Crippen molar-refractivity contribution in [3.05, 3.63) is 44.7 Å². The van der Waals surface area contributed by atoms with Crippen molar-refractivity contribution in [1.82, 2.24) is 4.98 Å². The van der Waals surface area contributed by atoms with Crippen LogP contribution in [0.25, 0.3) is 10.9 Å². The highest BCUT2D eigenvalue weighted by atomic mass is 79.9. The van der Waals surface area contributed by atoms with E-state index >= 15 is 0 Å². The molecule has 88 valence electrons. The second-order valence-corrected chi connectivity index (χ2v) is 4.52. The van der Waals surface area contributed by atoms with Crippen molar-refractivity contribution in [2.75, 3.05) is 7.11 Å². The third kappa shape index (κ3) is 2.55. The Bertz CT molecular complexity index is 633. The molecule has 0 aliphatic heterocycles. The van der Waals surface area contributed by atoms with Crippen LogP contribution >= 0.6 is 15.9 Å². The van der Waals surface area contributed by atoms with Gasteiger partial charge in [0.1, 0.15) is 0 Å². The van der Waals surface area contributed by atoms with Crippen molar-refractivity contribution in [3.8, 4) is 0 Å². The van der Waals surface area contributed by atoms with Gasteiger partial charge in [0.15, 0.2) is 5.43 Å². The average Bonchev–Trinajstić information content (AvgIpc) is 2.30. The lowest BCUT2D eigenvalue weighted by molar-refractivity contribution is -0.139. The summed E-state index contributed by atoms with van der Waals surface area (Å²) in [5.41, 5.74) is 1.15. The van der Waals surface area contributed by atoms with Crippen LogP contribution in [0, 0.1) is 0 Å². The van der Waals surface area contributed by atoms with Gasteiger partial charge in [-0.3, -0.25) is 9.59 Å². The number of pyridine rings is 1. The van der Waals surface area contributed by atoms with Gasteiger partial charge in [0.05, 0.1) is 13.5 Å². The third-order valence-electron chi connectivity index (χ3n) is 2.41. The van der Waals surface area contributed by atoms with Crippen molar-refractivity contribution in [2.45, 2.75) is 6.42 Å². The molecule has 1 aromatic heterocycles. The number of esters is 1. The molecule has 17 heavy (non-hydrogen) atoms. The van der Waals surface area contributed by atoms with Gasteiger partial charge in [0.2, 0.25) is 0 Å². The number of rotatable bonds is 2. The van der Waals surface area contributed by atoms with Gasteiger partial charge < -0.3 is 9.72 Å². The number of methoxy groups -OCH3 is 1. The number of halogens is 1. The predicted octanol–water partition coefficient (Wildman–Crippen LogP) is 2.01. The fraction of sp³-hybridized carbons (Fsp3) is 0.167. The van der Waals surface area contributed by atoms with Gasteiger partial charge in [0.25, 0.3) is 0 Å². The first-order valence-electron chi connectivity index (χ1n) is 4.98. The number of carbonyl (C=O) groups is 1. The van der Waals surface area contributed by atoms with Crippen LogP contribution in [-0.2, 0) is 16.0 Å². The molecule has 5 heteroatoms. The summed E-state index contributed by atoms with van der Waals surface area (Å²) in [6.45, 7) is 0. The Balaban J connectivity index is 2.52. The lowest BCUT2D eigenvalue weighted by atomic mass is 10.1. The van der Waals surface area contributed by atoms with Gasteiger partial charge in [0, 0.05) is 27.1 Å². The number of aromatic amines is 1. The van der Waals surface area contributed by atoms with Gasteiger partial charge in [-0.2, -0.15) is 0 Å². The monoisotopic (exact) mass is 295 g/mol. The van der Waals surface area contributed by atoms with Crippen molar-refractivity contribution in [2.24, 2.45) is 0 Å². The maximum atomic E-state index is 11.8. The summed E-state index contributed by atoms with van der Waals surface area (Å²) in [6.07, 6.45) is 0.0672. The number of hydrogen-bond acceptors (Lipinski definition) is 3. The molecular weight excluding hydrogens is 286 g/mol. The second-order valence-electron chi connectivity index (χ2n) is 3.60. The molecule has 0 radical (unpaired) electrons. The van der Waals surface area contributed by atoms with Crippen LogP contribution in [-0.4, -0.2) is 18.1 Å². The number of nitrogens with one attached hydrogen (secondary N) is 1. The minimum Gasteiger partial charge on any atom is -0.469 e. The van der Waals surface area contributed by atoms with E-state index in [4.69, 9.17) is 0 Å². The molecule has 1 aromatic carbocycles. The average molecular weight is 296 g/mol. The molecule has 4 nitrogen and oxygen atoms in total. The van der Waals surface area contributed by atoms with E-state index in [-0.39, 0.29) is 17.8 Å². The lowest BCUT2D eigenvalue weighted by Gasteiger charge is -2.03. The van der Waals surface area contributed by atoms with E-state index in [1.54, 1.807) is 12.1 Å². The summed E-state index contributed by atoms with van der Waals surface area (Å²) in [5.74, 6) is -0.378. The fourth-order valence-corrected chi connectivity index (χ4v) is 1.96. The fourth-order valence-electron chi connectivity index (χ4n) is 1.60. The van der Waals surface area contributed by atoms with Gasteiger partial charge in [-0.15, -0.1) is 0 Å². The third-order valence-corrected chi connectivity index (χ3v) is 2.90. The second kappa shape index (κ2) is 4.71. The Labute approximate surface area is 106 Å². The Morgan fingerprint density at radius 2 is 2.18 bits per heavy atom. The Kier molecular flexibility index (Phi) is 3.28. The molecule has 0 atom stereocenters. The molecule has 1 N–H and O–H groups in total. The van der Waals surface area contributed by atoms with Crippen LogP contribution in [0.5, 0.6) is 0 Å². The highest BCUT2D eigenvalue weighted by Gasteiger charge is 2.07. The number of aromatic nitrogens is 1.